The van der Waals surface area contributed by atoms with Crippen LogP contribution in [0.5, 0.6) is 0 Å². The van der Waals surface area contributed by atoms with Gasteiger partial charge in [0.25, 0.3) is 0 Å². The van der Waals surface area contributed by atoms with Crippen LogP contribution in [-0.2, 0) is 4.79 Å². The summed E-state index contributed by atoms with van der Waals surface area (Å²) in [7, 11) is 0. The second kappa shape index (κ2) is 22.2. The van der Waals surface area contributed by atoms with Crippen LogP contribution < -0.4 is 5.06 Å². The summed E-state index contributed by atoms with van der Waals surface area (Å²) in [6, 6.07) is 0. The molecule has 0 aromatic heterocycles. The maximum absolute atomic E-state index is 11.9. The smallest absolute Gasteiger partial charge is 0.312 e. The van der Waals surface area contributed by atoms with Crippen LogP contribution >= 0.6 is 0 Å². The van der Waals surface area contributed by atoms with E-state index >= 15 is 0 Å². The van der Waals surface area contributed by atoms with Crippen molar-refractivity contribution in [2.24, 2.45) is 0 Å². The molecule has 174 valence electrons. The van der Waals surface area contributed by atoms with Crippen molar-refractivity contribution >= 4 is 5.91 Å². The van der Waals surface area contributed by atoms with Gasteiger partial charge in [-0.15, -0.1) is 0 Å². The molecule has 0 radical (unpaired) electrons. The third-order valence-electron chi connectivity index (χ3n) is 5.53. The van der Waals surface area contributed by atoms with Gasteiger partial charge < -0.3 is 20.5 Å². The summed E-state index contributed by atoms with van der Waals surface area (Å²) in [5, 5.41) is 29.6. The van der Waals surface area contributed by atoms with Crippen LogP contribution in [0.4, 0.5) is 0 Å². The minimum absolute atomic E-state index is 0.0337. The average Bonchev–Trinajstić information content (AvgIpc) is 2.71. The van der Waals surface area contributed by atoms with E-state index in [1.165, 1.54) is 64.2 Å². The average molecular weight is 417 g/mol. The Bertz CT molecular complexity index is 350. The van der Waals surface area contributed by atoms with E-state index in [1.807, 2.05) is 4.90 Å². The van der Waals surface area contributed by atoms with Crippen LogP contribution in [0.2, 0.25) is 0 Å². The van der Waals surface area contributed by atoms with Crippen LogP contribution in [0.1, 0.15) is 103 Å². The van der Waals surface area contributed by atoms with Crippen molar-refractivity contribution in [1.82, 2.24) is 4.90 Å². The normalized spacial score (nSPS) is 12.6. The van der Waals surface area contributed by atoms with Gasteiger partial charge in [0.1, 0.15) is 0 Å². The molecule has 6 heteroatoms. The Balaban J connectivity index is 3.47. The molecule has 6 nitrogen and oxygen atoms in total. The number of aliphatic hydroxyl groups is 2. The summed E-state index contributed by atoms with van der Waals surface area (Å²) in [6.07, 6.45) is 17.5. The molecule has 3 N–H and O–H groups in total. The molecular formula is C23H48N2O4. The summed E-state index contributed by atoms with van der Waals surface area (Å²) < 4.78 is 0. The van der Waals surface area contributed by atoms with Gasteiger partial charge in [-0.1, -0.05) is 84.0 Å². The predicted molar refractivity (Wildman–Crippen MR) is 120 cm³/mol. The number of hydroxylamine groups is 2. The second-order valence-corrected chi connectivity index (χ2v) is 8.23. The van der Waals surface area contributed by atoms with Gasteiger partial charge in [-0.2, -0.15) is 0 Å². The van der Waals surface area contributed by atoms with E-state index in [0.717, 1.165) is 19.3 Å². The summed E-state index contributed by atoms with van der Waals surface area (Å²) in [5.41, 5.74) is 0. The monoisotopic (exact) mass is 416 g/mol. The van der Waals surface area contributed by atoms with Gasteiger partial charge in [0.2, 0.25) is 0 Å². The van der Waals surface area contributed by atoms with Gasteiger partial charge in [0, 0.05) is 26.1 Å². The first kappa shape index (κ1) is 28.5. The summed E-state index contributed by atoms with van der Waals surface area (Å²) in [6.45, 7) is 4.19. The molecule has 0 heterocycles. The Morgan fingerprint density at radius 2 is 1.17 bits per heavy atom. The van der Waals surface area contributed by atoms with E-state index in [4.69, 9.17) is 10.2 Å². The van der Waals surface area contributed by atoms with Gasteiger partial charge in [-0.3, -0.25) is 4.90 Å². The SMILES string of the molecule is CCCCCCCCCCCCCCCC(=O)[NH+]([O-])CCCN(CCO)CCO. The van der Waals surface area contributed by atoms with Crippen LogP contribution in [0.15, 0.2) is 0 Å². The van der Waals surface area contributed by atoms with Crippen LogP contribution in [0.25, 0.3) is 0 Å². The molecule has 1 unspecified atom stereocenters. The molecular weight excluding hydrogens is 368 g/mol. The fourth-order valence-corrected chi connectivity index (χ4v) is 3.66. The number of nitrogens with one attached hydrogen (secondary N) is 1. The van der Waals surface area contributed by atoms with Gasteiger partial charge in [-0.05, 0) is 6.42 Å². The first-order chi connectivity index (χ1) is 14.2. The first-order valence-electron chi connectivity index (χ1n) is 12.2. The van der Waals surface area contributed by atoms with E-state index in [-0.39, 0.29) is 30.7 Å². The van der Waals surface area contributed by atoms with Crippen molar-refractivity contribution in [3.8, 4) is 0 Å². The lowest BCUT2D eigenvalue weighted by Gasteiger charge is -2.23. The molecule has 0 aliphatic rings. The number of hydrogen-bond acceptors (Lipinski definition) is 5. The van der Waals surface area contributed by atoms with E-state index in [0.29, 0.717) is 32.5 Å². The minimum atomic E-state index is -0.267. The molecule has 1 amide bonds. The fourth-order valence-electron chi connectivity index (χ4n) is 3.66. The Labute approximate surface area is 179 Å². The number of carbonyl (C=O) groups is 1. The molecule has 0 aromatic rings. The van der Waals surface area contributed by atoms with E-state index in [1.54, 1.807) is 0 Å². The maximum atomic E-state index is 11.9. The largest absolute Gasteiger partial charge is 0.627 e. The highest BCUT2D eigenvalue weighted by atomic mass is 16.5. The van der Waals surface area contributed by atoms with E-state index in [2.05, 4.69) is 6.92 Å². The maximum Gasteiger partial charge on any atom is 0.312 e. The van der Waals surface area contributed by atoms with E-state index < -0.39 is 0 Å². The van der Waals surface area contributed by atoms with Crippen molar-refractivity contribution in [2.75, 3.05) is 39.4 Å². The molecule has 0 saturated heterocycles. The van der Waals surface area contributed by atoms with Crippen LogP contribution in [-0.4, -0.2) is 60.4 Å². The molecule has 0 fully saturated rings. The molecule has 29 heavy (non-hydrogen) atoms. The topological polar surface area (TPSA) is 88.3 Å². The number of amides is 1. The van der Waals surface area contributed by atoms with Crippen molar-refractivity contribution < 1.29 is 20.1 Å². The van der Waals surface area contributed by atoms with Gasteiger partial charge in [0.15, 0.2) is 0 Å². The lowest BCUT2D eigenvalue weighted by Crippen LogP contribution is -3.10. The number of nitrogens with zero attached hydrogens (tertiary/aromatic N) is 1. The standard InChI is InChI=1S/C23H48N2O4/c1-2-3-4-5-6-7-8-9-10-11-12-13-14-16-23(28)25(29)18-15-17-24(19-21-26)20-22-27/h25-27H,2-22H2,1H3. The van der Waals surface area contributed by atoms with Crippen molar-refractivity contribution in [1.29, 1.82) is 0 Å². The number of hydrogen-bond donors (Lipinski definition) is 3. The predicted octanol–water partition coefficient (Wildman–Crippen LogP) is 3.05. The number of aliphatic hydroxyl groups excluding tert-OH is 2. The fraction of sp³-hybridized carbons (Fsp3) is 0.957. The van der Waals surface area contributed by atoms with Crippen LogP contribution in [0.3, 0.4) is 0 Å². The van der Waals surface area contributed by atoms with Gasteiger partial charge in [-0.25, -0.2) is 4.79 Å². The highest BCUT2D eigenvalue weighted by Crippen LogP contribution is 2.12. The van der Waals surface area contributed by atoms with Crippen molar-refractivity contribution in [2.45, 2.75) is 103 Å². The molecule has 0 aromatic carbocycles. The van der Waals surface area contributed by atoms with Gasteiger partial charge >= 0.3 is 5.91 Å². The van der Waals surface area contributed by atoms with Crippen molar-refractivity contribution in [3.05, 3.63) is 5.21 Å². The lowest BCUT2D eigenvalue weighted by atomic mass is 10.0. The molecule has 0 spiro atoms. The number of rotatable bonds is 22. The molecule has 0 bridgehead atoms. The third-order valence-corrected chi connectivity index (χ3v) is 5.53. The quantitative estimate of drug-likeness (QED) is 0.186. The third kappa shape index (κ3) is 19.2. The highest BCUT2D eigenvalue weighted by Gasteiger charge is 2.11. The summed E-state index contributed by atoms with van der Waals surface area (Å²) >= 11 is 0. The number of quaternary nitrogens is 1. The molecule has 0 saturated carbocycles. The van der Waals surface area contributed by atoms with Crippen molar-refractivity contribution in [3.63, 3.8) is 0 Å². The van der Waals surface area contributed by atoms with Crippen LogP contribution in [0, 0.1) is 5.21 Å². The first-order valence-corrected chi connectivity index (χ1v) is 12.2. The molecule has 0 rings (SSSR count). The van der Waals surface area contributed by atoms with E-state index in [9.17, 15) is 10.0 Å². The summed E-state index contributed by atoms with van der Waals surface area (Å²) in [4.78, 5) is 13.8. The Kier molecular flexibility index (Phi) is 21.8. The minimum Gasteiger partial charge on any atom is -0.627 e. The zero-order valence-corrected chi connectivity index (χ0v) is 19.0. The Morgan fingerprint density at radius 1 is 0.724 bits per heavy atom. The molecule has 1 atom stereocenters. The second-order valence-electron chi connectivity index (χ2n) is 8.23. The lowest BCUT2D eigenvalue weighted by molar-refractivity contribution is -0.765. The van der Waals surface area contributed by atoms with Gasteiger partial charge in [0.05, 0.1) is 26.2 Å². The summed E-state index contributed by atoms with van der Waals surface area (Å²) in [5.74, 6) is -0.232. The number of carbonyl (C=O) groups excluding carboxylic acids is 1. The Morgan fingerprint density at radius 3 is 1.62 bits per heavy atom. The molecule has 0 aliphatic carbocycles. The highest BCUT2D eigenvalue weighted by molar-refractivity contribution is 5.66. The number of unbranched alkanes of at least 4 members (excludes halogenated alkanes) is 12. The zero-order chi connectivity index (χ0) is 21.6. The Hall–Kier alpha value is -0.530. The zero-order valence-electron chi connectivity index (χ0n) is 19.0. The molecule has 0 aliphatic heterocycles.